The van der Waals surface area contributed by atoms with Crippen LogP contribution in [0.15, 0.2) is 42.5 Å². The van der Waals surface area contributed by atoms with E-state index in [-0.39, 0.29) is 11.9 Å². The Balaban J connectivity index is 2.12. The zero-order valence-electron chi connectivity index (χ0n) is 12.8. The number of hydrogen-bond acceptors (Lipinski definition) is 2. The lowest BCUT2D eigenvalue weighted by Gasteiger charge is -2.17. The molecule has 3 nitrogen and oxygen atoms in total. The van der Waals surface area contributed by atoms with Gasteiger partial charge in [-0.15, -0.1) is 0 Å². The molecule has 0 aliphatic rings. The standard InChI is InChI=1S/C18H22N2O/c1-12-4-5-13(2)17(10-12)14(3)20-18(21)16-8-6-15(11-19)7-9-16/h4-10,14H,11,19H2,1-3H3,(H,20,21). The topological polar surface area (TPSA) is 55.1 Å². The molecule has 21 heavy (non-hydrogen) atoms. The molecular weight excluding hydrogens is 260 g/mol. The van der Waals surface area contributed by atoms with E-state index >= 15 is 0 Å². The number of benzene rings is 2. The molecule has 0 aliphatic heterocycles. The van der Waals surface area contributed by atoms with Crippen LogP contribution in [0, 0.1) is 13.8 Å². The number of nitrogens with one attached hydrogen (secondary N) is 1. The van der Waals surface area contributed by atoms with E-state index in [1.807, 2.05) is 31.2 Å². The first-order chi connectivity index (χ1) is 10.0. The average Bonchev–Trinajstić information content (AvgIpc) is 2.49. The second kappa shape index (κ2) is 6.55. The highest BCUT2D eigenvalue weighted by atomic mass is 16.1. The maximum Gasteiger partial charge on any atom is 0.251 e. The van der Waals surface area contributed by atoms with Crippen molar-refractivity contribution in [2.45, 2.75) is 33.4 Å². The number of rotatable bonds is 4. The second-order valence-electron chi connectivity index (χ2n) is 5.46. The van der Waals surface area contributed by atoms with Crippen LogP contribution < -0.4 is 11.1 Å². The Morgan fingerprint density at radius 3 is 2.43 bits per heavy atom. The molecule has 0 saturated carbocycles. The summed E-state index contributed by atoms with van der Waals surface area (Å²) in [5.74, 6) is -0.0630. The van der Waals surface area contributed by atoms with Crippen LogP contribution in [-0.4, -0.2) is 5.91 Å². The van der Waals surface area contributed by atoms with Crippen LogP contribution in [0.1, 0.15) is 45.6 Å². The molecular formula is C18H22N2O. The van der Waals surface area contributed by atoms with Crippen molar-refractivity contribution in [3.8, 4) is 0 Å². The summed E-state index contributed by atoms with van der Waals surface area (Å²) in [6, 6.07) is 13.7. The van der Waals surface area contributed by atoms with Crippen LogP contribution in [0.2, 0.25) is 0 Å². The summed E-state index contributed by atoms with van der Waals surface area (Å²) in [5.41, 5.74) is 10.8. The number of carbonyl (C=O) groups excluding carboxylic acids is 1. The summed E-state index contributed by atoms with van der Waals surface area (Å²) in [5, 5.41) is 3.05. The molecule has 2 aromatic rings. The zero-order valence-corrected chi connectivity index (χ0v) is 12.8. The normalized spacial score (nSPS) is 12.0. The van der Waals surface area contributed by atoms with Crippen LogP contribution in [-0.2, 0) is 6.54 Å². The van der Waals surface area contributed by atoms with Crippen molar-refractivity contribution in [1.82, 2.24) is 5.32 Å². The van der Waals surface area contributed by atoms with Crippen LogP contribution in [0.3, 0.4) is 0 Å². The first kappa shape index (κ1) is 15.3. The lowest BCUT2D eigenvalue weighted by atomic mass is 9.99. The average molecular weight is 282 g/mol. The van der Waals surface area contributed by atoms with Crippen LogP contribution >= 0.6 is 0 Å². The van der Waals surface area contributed by atoms with Crippen molar-refractivity contribution in [1.29, 1.82) is 0 Å². The van der Waals surface area contributed by atoms with Gasteiger partial charge in [0.25, 0.3) is 5.91 Å². The number of amides is 1. The van der Waals surface area contributed by atoms with E-state index in [1.165, 1.54) is 11.1 Å². The third-order valence-electron chi connectivity index (χ3n) is 3.70. The Kier molecular flexibility index (Phi) is 4.76. The van der Waals surface area contributed by atoms with Gasteiger partial charge in [0.1, 0.15) is 0 Å². The van der Waals surface area contributed by atoms with Gasteiger partial charge < -0.3 is 11.1 Å². The van der Waals surface area contributed by atoms with Crippen LogP contribution in [0.4, 0.5) is 0 Å². The van der Waals surface area contributed by atoms with Gasteiger partial charge in [-0.1, -0.05) is 35.9 Å². The molecule has 0 saturated heterocycles. The Labute approximate surface area is 126 Å². The molecule has 2 aromatic carbocycles. The summed E-state index contributed by atoms with van der Waals surface area (Å²) in [7, 11) is 0. The predicted octanol–water partition coefficient (Wildman–Crippen LogP) is 3.25. The van der Waals surface area contributed by atoms with Gasteiger partial charge in [0.2, 0.25) is 0 Å². The number of nitrogens with two attached hydrogens (primary N) is 1. The highest BCUT2D eigenvalue weighted by molar-refractivity contribution is 5.94. The minimum absolute atomic E-state index is 0.0217. The lowest BCUT2D eigenvalue weighted by molar-refractivity contribution is 0.0940. The summed E-state index contributed by atoms with van der Waals surface area (Å²) >= 11 is 0. The van der Waals surface area contributed by atoms with Gasteiger partial charge in [0.15, 0.2) is 0 Å². The van der Waals surface area contributed by atoms with E-state index in [4.69, 9.17) is 5.73 Å². The van der Waals surface area contributed by atoms with Crippen molar-refractivity contribution in [2.75, 3.05) is 0 Å². The highest BCUT2D eigenvalue weighted by Crippen LogP contribution is 2.19. The molecule has 1 unspecified atom stereocenters. The minimum Gasteiger partial charge on any atom is -0.346 e. The van der Waals surface area contributed by atoms with E-state index in [1.54, 1.807) is 0 Å². The fraction of sp³-hybridized carbons (Fsp3) is 0.278. The Hall–Kier alpha value is -2.13. The van der Waals surface area contributed by atoms with Crippen molar-refractivity contribution >= 4 is 5.91 Å². The monoisotopic (exact) mass is 282 g/mol. The van der Waals surface area contributed by atoms with Crippen LogP contribution in [0.25, 0.3) is 0 Å². The highest BCUT2D eigenvalue weighted by Gasteiger charge is 2.13. The molecule has 0 fully saturated rings. The minimum atomic E-state index is -0.0630. The summed E-state index contributed by atoms with van der Waals surface area (Å²) in [6.07, 6.45) is 0. The van der Waals surface area contributed by atoms with Crippen LogP contribution in [0.5, 0.6) is 0 Å². The quantitative estimate of drug-likeness (QED) is 0.904. The predicted molar refractivity (Wildman–Crippen MR) is 86.1 cm³/mol. The molecule has 0 bridgehead atoms. The van der Waals surface area contributed by atoms with Gasteiger partial charge in [-0.2, -0.15) is 0 Å². The van der Waals surface area contributed by atoms with Crippen molar-refractivity contribution in [2.24, 2.45) is 5.73 Å². The number of carbonyl (C=O) groups is 1. The van der Waals surface area contributed by atoms with E-state index in [2.05, 4.69) is 37.4 Å². The second-order valence-corrected chi connectivity index (χ2v) is 5.46. The first-order valence-electron chi connectivity index (χ1n) is 7.18. The molecule has 110 valence electrons. The Bertz CT molecular complexity index is 632. The largest absolute Gasteiger partial charge is 0.346 e. The third-order valence-corrected chi connectivity index (χ3v) is 3.70. The molecule has 0 aromatic heterocycles. The van der Waals surface area contributed by atoms with Gasteiger partial charge in [-0.05, 0) is 49.6 Å². The maximum atomic E-state index is 12.3. The van der Waals surface area contributed by atoms with Gasteiger partial charge in [-0.3, -0.25) is 4.79 Å². The molecule has 3 N–H and O–H groups in total. The summed E-state index contributed by atoms with van der Waals surface area (Å²) in [4.78, 5) is 12.3. The maximum absolute atomic E-state index is 12.3. The van der Waals surface area contributed by atoms with Gasteiger partial charge in [0.05, 0.1) is 6.04 Å². The van der Waals surface area contributed by atoms with Gasteiger partial charge in [0, 0.05) is 12.1 Å². The SMILES string of the molecule is Cc1ccc(C)c(C(C)NC(=O)c2ccc(CN)cc2)c1. The van der Waals surface area contributed by atoms with E-state index < -0.39 is 0 Å². The zero-order chi connectivity index (χ0) is 15.4. The first-order valence-corrected chi connectivity index (χ1v) is 7.18. The molecule has 0 aliphatic carbocycles. The van der Waals surface area contributed by atoms with Gasteiger partial charge >= 0.3 is 0 Å². The fourth-order valence-electron chi connectivity index (χ4n) is 2.38. The molecule has 0 spiro atoms. The van der Waals surface area contributed by atoms with Crippen molar-refractivity contribution in [3.63, 3.8) is 0 Å². The van der Waals surface area contributed by atoms with Crippen molar-refractivity contribution in [3.05, 3.63) is 70.3 Å². The molecule has 2 rings (SSSR count). The van der Waals surface area contributed by atoms with Crippen molar-refractivity contribution < 1.29 is 4.79 Å². The summed E-state index contributed by atoms with van der Waals surface area (Å²) < 4.78 is 0. The van der Waals surface area contributed by atoms with E-state index in [9.17, 15) is 4.79 Å². The molecule has 1 atom stereocenters. The van der Waals surface area contributed by atoms with E-state index in [0.717, 1.165) is 11.1 Å². The van der Waals surface area contributed by atoms with E-state index in [0.29, 0.717) is 12.1 Å². The number of aryl methyl sites for hydroxylation is 2. The lowest BCUT2D eigenvalue weighted by Crippen LogP contribution is -2.27. The number of hydrogen-bond donors (Lipinski definition) is 2. The molecule has 1 amide bonds. The molecule has 0 heterocycles. The third kappa shape index (κ3) is 3.70. The Morgan fingerprint density at radius 2 is 1.81 bits per heavy atom. The fourth-order valence-corrected chi connectivity index (χ4v) is 2.38. The smallest absolute Gasteiger partial charge is 0.251 e. The van der Waals surface area contributed by atoms with Gasteiger partial charge in [-0.25, -0.2) is 0 Å². The molecule has 0 radical (unpaired) electrons. The Morgan fingerprint density at radius 1 is 1.14 bits per heavy atom. The summed E-state index contributed by atoms with van der Waals surface area (Å²) in [6.45, 7) is 6.62. The molecule has 3 heteroatoms.